The molecular formula is C47H64N8O15. The summed E-state index contributed by atoms with van der Waals surface area (Å²) < 4.78 is 0. The molecule has 0 aliphatic rings. The monoisotopic (exact) mass is 980 g/mol. The van der Waals surface area contributed by atoms with E-state index in [9.17, 15) is 67.7 Å². The van der Waals surface area contributed by atoms with Crippen LogP contribution in [0.15, 0.2) is 60.7 Å². The topological polar surface area (TPSA) is 376 Å². The molecule has 0 spiro atoms. The van der Waals surface area contributed by atoms with Crippen molar-refractivity contribution in [2.24, 2.45) is 11.7 Å². The molecule has 0 bridgehead atoms. The molecular weight excluding hydrogens is 917 g/mol. The summed E-state index contributed by atoms with van der Waals surface area (Å²) in [5, 5.41) is 44.8. The predicted molar refractivity (Wildman–Crippen MR) is 249 cm³/mol. The Hall–Kier alpha value is -7.72. The Morgan fingerprint density at radius 2 is 1.11 bits per heavy atom. The second-order valence-corrected chi connectivity index (χ2v) is 17.2. The Labute approximate surface area is 404 Å². The van der Waals surface area contributed by atoms with Crippen molar-refractivity contribution in [2.45, 2.75) is 134 Å². The minimum Gasteiger partial charge on any atom is -0.481 e. The van der Waals surface area contributed by atoms with E-state index < -0.39 is 145 Å². The fourth-order valence-electron chi connectivity index (χ4n) is 6.98. The molecule has 12 N–H and O–H groups in total. The van der Waals surface area contributed by atoms with Gasteiger partial charge in [0.15, 0.2) is 0 Å². The van der Waals surface area contributed by atoms with Gasteiger partial charge < -0.3 is 58.3 Å². The number of unbranched alkanes of at least 4 members (excludes halogenated alkanes) is 1. The number of ketones is 1. The van der Waals surface area contributed by atoms with Gasteiger partial charge in [0, 0.05) is 25.7 Å². The summed E-state index contributed by atoms with van der Waals surface area (Å²) in [5.41, 5.74) is 4.37. The molecule has 23 heteroatoms. The van der Waals surface area contributed by atoms with Gasteiger partial charge in [0.25, 0.3) is 5.91 Å². The lowest BCUT2D eigenvalue weighted by Gasteiger charge is -2.32. The first-order valence-electron chi connectivity index (χ1n) is 22.6. The minimum absolute atomic E-state index is 0.0888. The maximum absolute atomic E-state index is 14.1. The fourth-order valence-corrected chi connectivity index (χ4v) is 6.98. The van der Waals surface area contributed by atoms with Gasteiger partial charge in [-0.05, 0) is 43.2 Å². The Morgan fingerprint density at radius 3 is 1.66 bits per heavy atom. The van der Waals surface area contributed by atoms with Crippen LogP contribution >= 0.6 is 0 Å². The largest absolute Gasteiger partial charge is 0.481 e. The number of hydrogen-bond donors (Lipinski definition) is 11. The van der Waals surface area contributed by atoms with Crippen molar-refractivity contribution in [3.8, 4) is 0 Å². The zero-order valence-electron chi connectivity index (χ0n) is 39.5. The number of nitrogens with one attached hydrogen (secondary N) is 7. The van der Waals surface area contributed by atoms with Crippen molar-refractivity contribution in [1.29, 1.82) is 0 Å². The third-order valence-corrected chi connectivity index (χ3v) is 10.6. The molecule has 0 aliphatic heterocycles. The van der Waals surface area contributed by atoms with Gasteiger partial charge in [-0.2, -0.15) is 0 Å². The van der Waals surface area contributed by atoms with Crippen LogP contribution in [0.1, 0.15) is 96.6 Å². The molecule has 2 rings (SSSR count). The molecule has 8 amide bonds. The van der Waals surface area contributed by atoms with E-state index in [1.807, 2.05) is 6.92 Å². The van der Waals surface area contributed by atoms with E-state index in [1.54, 1.807) is 74.5 Å². The molecule has 0 saturated heterocycles. The number of rotatable bonds is 32. The molecule has 0 aromatic heterocycles. The average molecular weight is 981 g/mol. The third kappa shape index (κ3) is 21.5. The van der Waals surface area contributed by atoms with Crippen molar-refractivity contribution in [1.82, 2.24) is 37.2 Å². The molecule has 70 heavy (non-hydrogen) atoms. The van der Waals surface area contributed by atoms with Crippen molar-refractivity contribution in [2.75, 3.05) is 6.54 Å². The lowest BCUT2D eigenvalue weighted by molar-refractivity contribution is -0.142. The number of nitrogens with two attached hydrogens (primary N) is 1. The molecule has 2 aromatic rings. The maximum Gasteiger partial charge on any atom is 0.305 e. The zero-order chi connectivity index (χ0) is 52.6. The van der Waals surface area contributed by atoms with Crippen LogP contribution in [0.5, 0.6) is 0 Å². The van der Waals surface area contributed by atoms with Crippen LogP contribution in [0.4, 0.5) is 0 Å². The smallest absolute Gasteiger partial charge is 0.305 e. The van der Waals surface area contributed by atoms with Gasteiger partial charge in [-0.1, -0.05) is 94.3 Å². The lowest BCUT2D eigenvalue weighted by Crippen LogP contribution is -2.63. The maximum atomic E-state index is 14.1. The van der Waals surface area contributed by atoms with Gasteiger partial charge in [0.2, 0.25) is 47.1 Å². The molecule has 2 aromatic carbocycles. The lowest BCUT2D eigenvalue weighted by atomic mass is 9.90. The summed E-state index contributed by atoms with van der Waals surface area (Å²) >= 11 is 0. The fraction of sp³-hybridized carbons (Fsp3) is 0.489. The molecule has 382 valence electrons. The highest BCUT2D eigenvalue weighted by Gasteiger charge is 2.39. The van der Waals surface area contributed by atoms with Crippen LogP contribution in [-0.4, -0.2) is 129 Å². The molecule has 6 atom stereocenters. The quantitative estimate of drug-likeness (QED) is 0.0407. The highest BCUT2D eigenvalue weighted by molar-refractivity contribution is 6.37. The van der Waals surface area contributed by atoms with Crippen molar-refractivity contribution in [3.05, 3.63) is 71.8 Å². The van der Waals surface area contributed by atoms with Crippen LogP contribution in [0, 0.1) is 5.92 Å². The van der Waals surface area contributed by atoms with Crippen molar-refractivity contribution >= 4 is 70.9 Å². The number of carbonyl (C=O) groups is 12. The standard InChI is InChI=1S/C47H64N8O15/c1-5-6-17-30(40(64)41(48)65)52-42(66)32(22-27(2)3)54-43(67)33(23-28-13-9-7-10-14-28)51-36(57)26-49-46(70)47(4,25-29-15-11-8-12-16-29)55-45(69)31(18-20-37(58)59)53-44(68)34(24-39(62)63)50-35(56)19-21-38(60)61/h7-16,27,30-34H,5-6,17-26H2,1-4H3,(H2,48,65)(H,49,70)(H,50,56)(H,51,57)(H,52,66)(H,53,68)(H,54,67)(H,55,69)(H,58,59)(H,60,61)(H,62,63)/t30-,31-,32-,33-,34-,47-/m0/s1. The zero-order valence-corrected chi connectivity index (χ0v) is 39.5. The number of Topliss-reactive ketones (excluding diaryl/α,β-unsaturated/α-hetero) is 1. The number of amides is 8. The van der Waals surface area contributed by atoms with Gasteiger partial charge in [0.05, 0.1) is 25.4 Å². The second-order valence-electron chi connectivity index (χ2n) is 17.2. The third-order valence-electron chi connectivity index (χ3n) is 10.6. The van der Waals surface area contributed by atoms with Crippen molar-refractivity contribution in [3.63, 3.8) is 0 Å². The molecule has 0 aliphatic carbocycles. The highest BCUT2D eigenvalue weighted by Crippen LogP contribution is 2.16. The van der Waals surface area contributed by atoms with E-state index in [1.165, 1.54) is 6.92 Å². The number of aliphatic carboxylic acids is 3. The number of carbonyl (C=O) groups excluding carboxylic acids is 9. The molecule has 0 saturated carbocycles. The first-order chi connectivity index (χ1) is 32.9. The average Bonchev–Trinajstić information content (AvgIpc) is 3.29. The number of carboxylic acids is 3. The number of primary amides is 1. The highest BCUT2D eigenvalue weighted by atomic mass is 16.4. The summed E-state index contributed by atoms with van der Waals surface area (Å²) in [6, 6.07) is 9.34. The van der Waals surface area contributed by atoms with E-state index in [0.29, 0.717) is 24.0 Å². The number of carboxylic acid groups (broad SMARTS) is 3. The van der Waals surface area contributed by atoms with E-state index in [0.717, 1.165) is 0 Å². The first kappa shape index (κ1) is 58.4. The van der Waals surface area contributed by atoms with Gasteiger partial charge in [-0.25, -0.2) is 0 Å². The normalized spacial score (nSPS) is 13.8. The van der Waals surface area contributed by atoms with Gasteiger partial charge in [0.1, 0.15) is 29.7 Å². The molecule has 0 radical (unpaired) electrons. The molecule has 0 fully saturated rings. The van der Waals surface area contributed by atoms with Crippen LogP contribution in [0.3, 0.4) is 0 Å². The molecule has 0 heterocycles. The molecule has 0 unspecified atom stereocenters. The van der Waals surface area contributed by atoms with E-state index in [-0.39, 0.29) is 31.6 Å². The van der Waals surface area contributed by atoms with Crippen molar-refractivity contribution < 1.29 is 72.9 Å². The van der Waals surface area contributed by atoms with E-state index in [2.05, 4.69) is 37.2 Å². The summed E-state index contributed by atoms with van der Waals surface area (Å²) in [7, 11) is 0. The number of hydrogen-bond acceptors (Lipinski definition) is 12. The van der Waals surface area contributed by atoms with Gasteiger partial charge in [-0.3, -0.25) is 57.5 Å². The summed E-state index contributed by atoms with van der Waals surface area (Å²) in [4.78, 5) is 154. The SMILES string of the molecule is CCCC[C@H](NC(=O)[C@H](CC(C)C)NC(=O)[C@H](Cc1ccccc1)NC(=O)CNC(=O)[C@](C)(Cc1ccccc1)NC(=O)[C@H](CCC(=O)O)NC(=O)[C@H](CC(=O)O)NC(=O)CCC(=O)O)C(=O)C(N)=O. The van der Waals surface area contributed by atoms with Crippen LogP contribution in [0.2, 0.25) is 0 Å². The summed E-state index contributed by atoms with van der Waals surface area (Å²) in [6.07, 6.45) is -2.55. The van der Waals surface area contributed by atoms with Crippen LogP contribution in [-0.2, 0) is 70.4 Å². The number of benzene rings is 2. The van der Waals surface area contributed by atoms with E-state index in [4.69, 9.17) is 10.8 Å². The Balaban J connectivity index is 2.41. The summed E-state index contributed by atoms with van der Waals surface area (Å²) in [6.45, 7) is 5.93. The summed E-state index contributed by atoms with van der Waals surface area (Å²) in [5.74, 6) is -13.5. The predicted octanol–water partition coefficient (Wildman–Crippen LogP) is -0.618. The second kappa shape index (κ2) is 29.2. The first-order valence-corrected chi connectivity index (χ1v) is 22.6. The molecule has 23 nitrogen and oxygen atoms in total. The Bertz CT molecular complexity index is 2190. The Kier molecular flexibility index (Phi) is 24.4. The van der Waals surface area contributed by atoms with Gasteiger partial charge >= 0.3 is 17.9 Å². The van der Waals surface area contributed by atoms with Crippen LogP contribution < -0.4 is 43.0 Å². The van der Waals surface area contributed by atoms with Crippen LogP contribution in [0.25, 0.3) is 0 Å². The minimum atomic E-state index is -1.96. The Morgan fingerprint density at radius 1 is 0.586 bits per heavy atom. The van der Waals surface area contributed by atoms with Gasteiger partial charge in [-0.15, -0.1) is 0 Å². The van der Waals surface area contributed by atoms with E-state index >= 15 is 0 Å².